The highest BCUT2D eigenvalue weighted by Gasteiger charge is 2.22. The van der Waals surface area contributed by atoms with Crippen LogP contribution in [0.2, 0.25) is 0 Å². The SMILES string of the molecule is CC1=C2COCCC2=CC(c2ccccc2)N1. The number of hydrogen-bond acceptors (Lipinski definition) is 2. The monoisotopic (exact) mass is 227 g/mol. The van der Waals surface area contributed by atoms with Gasteiger partial charge >= 0.3 is 0 Å². The average molecular weight is 227 g/mol. The Bertz CT molecular complexity index is 473. The largest absolute Gasteiger partial charge is 0.378 e. The van der Waals surface area contributed by atoms with Gasteiger partial charge in [-0.25, -0.2) is 0 Å². The third kappa shape index (κ3) is 2.01. The van der Waals surface area contributed by atoms with Crippen molar-refractivity contribution in [3.05, 3.63) is 58.8 Å². The first-order valence-corrected chi connectivity index (χ1v) is 6.14. The molecule has 1 aromatic rings. The molecule has 0 radical (unpaired) electrons. The summed E-state index contributed by atoms with van der Waals surface area (Å²) in [6.45, 7) is 3.75. The number of rotatable bonds is 1. The summed E-state index contributed by atoms with van der Waals surface area (Å²) >= 11 is 0. The van der Waals surface area contributed by atoms with Crippen LogP contribution in [0.1, 0.15) is 24.9 Å². The summed E-state index contributed by atoms with van der Waals surface area (Å²) < 4.78 is 5.51. The second-order valence-electron chi connectivity index (χ2n) is 4.63. The van der Waals surface area contributed by atoms with Crippen LogP contribution in [0.5, 0.6) is 0 Å². The minimum absolute atomic E-state index is 0.313. The Morgan fingerprint density at radius 3 is 2.88 bits per heavy atom. The summed E-state index contributed by atoms with van der Waals surface area (Å²) in [4.78, 5) is 0. The summed E-state index contributed by atoms with van der Waals surface area (Å²) in [6.07, 6.45) is 3.39. The zero-order valence-electron chi connectivity index (χ0n) is 10.1. The summed E-state index contributed by atoms with van der Waals surface area (Å²) in [7, 11) is 0. The molecule has 1 N–H and O–H groups in total. The van der Waals surface area contributed by atoms with Crippen molar-refractivity contribution >= 4 is 0 Å². The number of benzene rings is 1. The van der Waals surface area contributed by atoms with Gasteiger partial charge in [0.1, 0.15) is 0 Å². The van der Waals surface area contributed by atoms with E-state index in [2.05, 4.69) is 48.6 Å². The quantitative estimate of drug-likeness (QED) is 0.796. The molecule has 1 atom stereocenters. The van der Waals surface area contributed by atoms with Crippen molar-refractivity contribution in [1.82, 2.24) is 5.32 Å². The van der Waals surface area contributed by atoms with E-state index in [-0.39, 0.29) is 0 Å². The van der Waals surface area contributed by atoms with Crippen LogP contribution in [0, 0.1) is 0 Å². The molecule has 2 nitrogen and oxygen atoms in total. The molecule has 0 bridgehead atoms. The van der Waals surface area contributed by atoms with E-state index in [4.69, 9.17) is 4.74 Å². The molecule has 17 heavy (non-hydrogen) atoms. The van der Waals surface area contributed by atoms with E-state index in [0.29, 0.717) is 6.04 Å². The Kier molecular flexibility index (Phi) is 2.73. The minimum Gasteiger partial charge on any atom is -0.378 e. The Labute approximate surface area is 102 Å². The van der Waals surface area contributed by atoms with Gasteiger partial charge in [0, 0.05) is 5.70 Å². The highest BCUT2D eigenvalue weighted by atomic mass is 16.5. The molecular weight excluding hydrogens is 210 g/mol. The topological polar surface area (TPSA) is 21.3 Å². The van der Waals surface area contributed by atoms with Gasteiger partial charge in [-0.15, -0.1) is 0 Å². The van der Waals surface area contributed by atoms with Gasteiger partial charge in [-0.3, -0.25) is 0 Å². The van der Waals surface area contributed by atoms with E-state index in [9.17, 15) is 0 Å². The standard InChI is InChI=1S/C15H17NO/c1-11-14-10-17-8-7-13(14)9-15(16-11)12-5-3-2-4-6-12/h2-6,9,15-16H,7-8,10H2,1H3. The molecule has 2 heteroatoms. The summed E-state index contributed by atoms with van der Waals surface area (Å²) in [5, 5.41) is 3.56. The first-order valence-electron chi connectivity index (χ1n) is 6.14. The summed E-state index contributed by atoms with van der Waals surface area (Å²) in [6, 6.07) is 10.9. The molecule has 1 fully saturated rings. The number of nitrogens with one attached hydrogen (secondary N) is 1. The van der Waals surface area contributed by atoms with E-state index in [1.165, 1.54) is 22.4 Å². The van der Waals surface area contributed by atoms with Crippen molar-refractivity contribution < 1.29 is 4.74 Å². The lowest BCUT2D eigenvalue weighted by Gasteiger charge is -2.30. The van der Waals surface area contributed by atoms with Crippen LogP contribution >= 0.6 is 0 Å². The van der Waals surface area contributed by atoms with Gasteiger partial charge in [0.15, 0.2) is 0 Å². The van der Waals surface area contributed by atoms with Gasteiger partial charge in [-0.05, 0) is 30.1 Å². The number of dihydropyridines is 1. The maximum absolute atomic E-state index is 5.51. The van der Waals surface area contributed by atoms with Crippen molar-refractivity contribution in [3.63, 3.8) is 0 Å². The number of hydrogen-bond donors (Lipinski definition) is 1. The van der Waals surface area contributed by atoms with Crippen molar-refractivity contribution in [3.8, 4) is 0 Å². The van der Waals surface area contributed by atoms with E-state index < -0.39 is 0 Å². The van der Waals surface area contributed by atoms with E-state index in [1.807, 2.05) is 0 Å². The first kappa shape index (κ1) is 10.6. The molecule has 0 aromatic heterocycles. The molecule has 0 aliphatic carbocycles. The minimum atomic E-state index is 0.313. The van der Waals surface area contributed by atoms with Crippen LogP contribution < -0.4 is 5.32 Å². The maximum atomic E-state index is 5.51. The molecule has 2 heterocycles. The Balaban J connectivity index is 1.92. The smallest absolute Gasteiger partial charge is 0.0736 e. The van der Waals surface area contributed by atoms with Crippen LogP contribution in [0.25, 0.3) is 0 Å². The predicted octanol–water partition coefficient (Wildman–Crippen LogP) is 2.95. The van der Waals surface area contributed by atoms with Gasteiger partial charge in [-0.2, -0.15) is 0 Å². The normalized spacial score (nSPS) is 23.8. The molecule has 0 amide bonds. The predicted molar refractivity (Wildman–Crippen MR) is 68.5 cm³/mol. The third-order valence-electron chi connectivity index (χ3n) is 3.50. The number of ether oxygens (including phenoxy) is 1. The molecular formula is C15H17NO. The first-order chi connectivity index (χ1) is 8.34. The molecule has 0 saturated carbocycles. The molecule has 3 rings (SSSR count). The third-order valence-corrected chi connectivity index (χ3v) is 3.50. The average Bonchev–Trinajstić information content (AvgIpc) is 2.40. The maximum Gasteiger partial charge on any atom is 0.0736 e. The lowest BCUT2D eigenvalue weighted by Crippen LogP contribution is -2.27. The Morgan fingerprint density at radius 2 is 2.06 bits per heavy atom. The molecule has 1 unspecified atom stereocenters. The van der Waals surface area contributed by atoms with Crippen molar-refractivity contribution in [1.29, 1.82) is 0 Å². The Morgan fingerprint density at radius 1 is 1.24 bits per heavy atom. The van der Waals surface area contributed by atoms with Crippen LogP contribution in [0.4, 0.5) is 0 Å². The molecule has 2 aliphatic rings. The van der Waals surface area contributed by atoms with Gasteiger partial charge in [0.2, 0.25) is 0 Å². The van der Waals surface area contributed by atoms with E-state index in [1.54, 1.807) is 0 Å². The Hall–Kier alpha value is -1.54. The van der Waals surface area contributed by atoms with Gasteiger partial charge < -0.3 is 10.1 Å². The van der Waals surface area contributed by atoms with Crippen LogP contribution in [0.15, 0.2) is 53.3 Å². The van der Waals surface area contributed by atoms with Gasteiger partial charge in [-0.1, -0.05) is 36.4 Å². The van der Waals surface area contributed by atoms with Crippen molar-refractivity contribution in [2.75, 3.05) is 13.2 Å². The second kappa shape index (κ2) is 4.38. The van der Waals surface area contributed by atoms with Crippen LogP contribution in [-0.4, -0.2) is 13.2 Å². The lowest BCUT2D eigenvalue weighted by atomic mass is 9.91. The van der Waals surface area contributed by atoms with Crippen LogP contribution in [0.3, 0.4) is 0 Å². The fourth-order valence-corrected chi connectivity index (χ4v) is 2.54. The molecule has 0 spiro atoms. The fraction of sp³-hybridized carbons (Fsp3) is 0.333. The van der Waals surface area contributed by atoms with Crippen LogP contribution in [-0.2, 0) is 4.74 Å². The second-order valence-corrected chi connectivity index (χ2v) is 4.63. The summed E-state index contributed by atoms with van der Waals surface area (Å²) in [5.74, 6) is 0. The molecule has 1 aromatic carbocycles. The highest BCUT2D eigenvalue weighted by Crippen LogP contribution is 2.31. The van der Waals surface area contributed by atoms with Crippen molar-refractivity contribution in [2.45, 2.75) is 19.4 Å². The number of allylic oxidation sites excluding steroid dienone is 1. The van der Waals surface area contributed by atoms with Gasteiger partial charge in [0.05, 0.1) is 19.3 Å². The van der Waals surface area contributed by atoms with Crippen molar-refractivity contribution in [2.24, 2.45) is 0 Å². The molecule has 1 saturated heterocycles. The van der Waals surface area contributed by atoms with Gasteiger partial charge in [0.25, 0.3) is 0 Å². The molecule has 2 aliphatic heterocycles. The highest BCUT2D eigenvalue weighted by molar-refractivity contribution is 5.43. The fourth-order valence-electron chi connectivity index (χ4n) is 2.54. The zero-order chi connectivity index (χ0) is 11.7. The van der Waals surface area contributed by atoms with E-state index >= 15 is 0 Å². The summed E-state index contributed by atoms with van der Waals surface area (Å²) in [5.41, 5.74) is 5.39. The van der Waals surface area contributed by atoms with E-state index in [0.717, 1.165) is 19.6 Å². The molecule has 88 valence electrons. The number of fused-ring (bicyclic) bond motifs is 1. The lowest BCUT2D eigenvalue weighted by molar-refractivity contribution is 0.143. The zero-order valence-corrected chi connectivity index (χ0v) is 10.1.